The summed E-state index contributed by atoms with van der Waals surface area (Å²) in [5, 5.41) is 6.53. The van der Waals surface area contributed by atoms with Crippen molar-refractivity contribution in [2.24, 2.45) is 0 Å². The molecular weight excluding hydrogens is 308 g/mol. The number of nitrogens with one attached hydrogen (secondary N) is 1. The van der Waals surface area contributed by atoms with Crippen molar-refractivity contribution in [3.63, 3.8) is 0 Å². The molecule has 3 aromatic heterocycles. The third kappa shape index (κ3) is 3.76. The number of pyridine rings is 1. The molecule has 23 heavy (non-hydrogen) atoms. The van der Waals surface area contributed by atoms with Crippen LogP contribution in [0.4, 0.5) is 5.82 Å². The molecular formula is C17H20N4OS. The van der Waals surface area contributed by atoms with E-state index in [9.17, 15) is 0 Å². The van der Waals surface area contributed by atoms with Gasteiger partial charge in [0.15, 0.2) is 0 Å². The summed E-state index contributed by atoms with van der Waals surface area (Å²) in [5.41, 5.74) is 1.11. The predicted molar refractivity (Wildman–Crippen MR) is 94.1 cm³/mol. The van der Waals surface area contributed by atoms with Crippen LogP contribution in [0, 0.1) is 0 Å². The van der Waals surface area contributed by atoms with Crippen LogP contribution < -0.4 is 10.1 Å². The van der Waals surface area contributed by atoms with Crippen molar-refractivity contribution >= 4 is 27.4 Å². The van der Waals surface area contributed by atoms with E-state index in [4.69, 9.17) is 4.74 Å². The first-order valence-electron chi connectivity index (χ1n) is 7.75. The van der Waals surface area contributed by atoms with Gasteiger partial charge < -0.3 is 10.1 Å². The van der Waals surface area contributed by atoms with E-state index < -0.39 is 0 Å². The Kier molecular flexibility index (Phi) is 4.71. The van der Waals surface area contributed by atoms with Crippen LogP contribution in [0.15, 0.2) is 29.8 Å². The van der Waals surface area contributed by atoms with Gasteiger partial charge in [0.2, 0.25) is 5.88 Å². The monoisotopic (exact) mass is 328 g/mol. The smallest absolute Gasteiger partial charge is 0.213 e. The van der Waals surface area contributed by atoms with Gasteiger partial charge in [-0.2, -0.15) is 0 Å². The molecule has 0 aliphatic carbocycles. The Morgan fingerprint density at radius 1 is 1.26 bits per heavy atom. The number of ether oxygens (including phenoxy) is 1. The number of aromatic nitrogens is 3. The SMILES string of the molecule is CCc1nc(NCc2ccnc(OC(C)C)c2)c2ccsc2n1. The van der Waals surface area contributed by atoms with E-state index in [1.165, 1.54) is 0 Å². The van der Waals surface area contributed by atoms with Crippen LogP contribution in [0.3, 0.4) is 0 Å². The lowest BCUT2D eigenvalue weighted by Crippen LogP contribution is -2.08. The number of nitrogens with zero attached hydrogens (tertiary/aromatic N) is 3. The molecule has 0 atom stereocenters. The average molecular weight is 328 g/mol. The highest BCUT2D eigenvalue weighted by Gasteiger charge is 2.08. The zero-order chi connectivity index (χ0) is 16.2. The van der Waals surface area contributed by atoms with E-state index in [0.717, 1.165) is 33.8 Å². The van der Waals surface area contributed by atoms with Crippen LogP contribution in [0.2, 0.25) is 0 Å². The summed E-state index contributed by atoms with van der Waals surface area (Å²) >= 11 is 1.64. The summed E-state index contributed by atoms with van der Waals surface area (Å²) in [6.07, 6.45) is 2.71. The summed E-state index contributed by atoms with van der Waals surface area (Å²) in [6, 6.07) is 5.99. The normalized spacial score (nSPS) is 11.1. The molecule has 6 heteroatoms. The first-order chi connectivity index (χ1) is 11.2. The Morgan fingerprint density at radius 3 is 2.91 bits per heavy atom. The van der Waals surface area contributed by atoms with Gasteiger partial charge in [-0.05, 0) is 36.9 Å². The number of anilines is 1. The van der Waals surface area contributed by atoms with Crippen molar-refractivity contribution < 1.29 is 4.74 Å². The summed E-state index contributed by atoms with van der Waals surface area (Å²) in [6.45, 7) is 6.72. The second-order valence-electron chi connectivity index (χ2n) is 5.50. The molecule has 0 amide bonds. The fourth-order valence-corrected chi connectivity index (χ4v) is 3.03. The summed E-state index contributed by atoms with van der Waals surface area (Å²) in [4.78, 5) is 14.4. The van der Waals surface area contributed by atoms with Crippen LogP contribution in [-0.2, 0) is 13.0 Å². The van der Waals surface area contributed by atoms with E-state index >= 15 is 0 Å². The maximum absolute atomic E-state index is 5.64. The van der Waals surface area contributed by atoms with Gasteiger partial charge in [0.05, 0.1) is 11.5 Å². The topological polar surface area (TPSA) is 59.9 Å². The minimum absolute atomic E-state index is 0.116. The van der Waals surface area contributed by atoms with Crippen LogP contribution >= 0.6 is 11.3 Å². The van der Waals surface area contributed by atoms with Crippen LogP contribution in [0.25, 0.3) is 10.2 Å². The van der Waals surface area contributed by atoms with Crippen molar-refractivity contribution in [2.75, 3.05) is 5.32 Å². The van der Waals surface area contributed by atoms with Crippen LogP contribution in [0.5, 0.6) is 5.88 Å². The molecule has 3 aromatic rings. The quantitative estimate of drug-likeness (QED) is 0.740. The Morgan fingerprint density at radius 2 is 2.13 bits per heavy atom. The molecule has 3 heterocycles. The molecule has 0 radical (unpaired) electrons. The molecule has 0 spiro atoms. The van der Waals surface area contributed by atoms with Crippen molar-refractivity contribution in [1.82, 2.24) is 15.0 Å². The van der Waals surface area contributed by atoms with Crippen molar-refractivity contribution in [1.29, 1.82) is 0 Å². The highest BCUT2D eigenvalue weighted by atomic mass is 32.1. The highest BCUT2D eigenvalue weighted by Crippen LogP contribution is 2.25. The molecule has 0 unspecified atom stereocenters. The minimum Gasteiger partial charge on any atom is -0.475 e. The lowest BCUT2D eigenvalue weighted by molar-refractivity contribution is 0.232. The summed E-state index contributed by atoms with van der Waals surface area (Å²) in [7, 11) is 0. The van der Waals surface area contributed by atoms with Crippen LogP contribution in [0.1, 0.15) is 32.2 Å². The number of thiophene rings is 1. The Balaban J connectivity index is 1.79. The molecule has 0 aromatic carbocycles. The summed E-state index contributed by atoms with van der Waals surface area (Å²) in [5.74, 6) is 2.40. The van der Waals surface area contributed by atoms with Gasteiger partial charge in [-0.1, -0.05) is 6.92 Å². The maximum Gasteiger partial charge on any atom is 0.213 e. The van der Waals surface area contributed by atoms with Gasteiger partial charge in [-0.3, -0.25) is 0 Å². The molecule has 0 fully saturated rings. The van der Waals surface area contributed by atoms with Gasteiger partial charge in [0.25, 0.3) is 0 Å². The predicted octanol–water partition coefficient (Wildman–Crippen LogP) is 4.05. The first kappa shape index (κ1) is 15.7. The van der Waals surface area contributed by atoms with Gasteiger partial charge >= 0.3 is 0 Å². The lowest BCUT2D eigenvalue weighted by Gasteiger charge is -2.11. The minimum atomic E-state index is 0.116. The Hall–Kier alpha value is -2.21. The second-order valence-corrected chi connectivity index (χ2v) is 6.40. The number of fused-ring (bicyclic) bond motifs is 1. The van der Waals surface area contributed by atoms with Crippen LogP contribution in [-0.4, -0.2) is 21.1 Å². The lowest BCUT2D eigenvalue weighted by atomic mass is 10.2. The third-order valence-corrected chi connectivity index (χ3v) is 4.11. The third-order valence-electron chi connectivity index (χ3n) is 3.30. The molecule has 1 N–H and O–H groups in total. The molecule has 0 aliphatic heterocycles. The van der Waals surface area contributed by atoms with E-state index in [0.29, 0.717) is 12.4 Å². The molecule has 120 valence electrons. The second kappa shape index (κ2) is 6.91. The van der Waals surface area contributed by atoms with Crippen molar-refractivity contribution in [3.05, 3.63) is 41.2 Å². The highest BCUT2D eigenvalue weighted by molar-refractivity contribution is 7.16. The average Bonchev–Trinajstić information content (AvgIpc) is 3.00. The Labute approximate surface area is 139 Å². The largest absolute Gasteiger partial charge is 0.475 e. The fraction of sp³-hybridized carbons (Fsp3) is 0.353. The Bertz CT molecular complexity index is 800. The number of aryl methyl sites for hydroxylation is 1. The number of rotatable bonds is 6. The van der Waals surface area contributed by atoms with E-state index in [-0.39, 0.29) is 6.10 Å². The van der Waals surface area contributed by atoms with Gasteiger partial charge in [0.1, 0.15) is 16.5 Å². The van der Waals surface area contributed by atoms with E-state index in [2.05, 4.69) is 33.3 Å². The fourth-order valence-electron chi connectivity index (χ4n) is 2.24. The molecule has 0 bridgehead atoms. The number of hydrogen-bond acceptors (Lipinski definition) is 6. The first-order valence-corrected chi connectivity index (χ1v) is 8.63. The standard InChI is InChI=1S/C17H20N4OS/c1-4-14-20-16(13-6-8-23-17(13)21-14)19-10-12-5-7-18-15(9-12)22-11(2)3/h5-9,11H,4,10H2,1-3H3,(H,19,20,21). The van der Waals surface area contributed by atoms with Crippen molar-refractivity contribution in [3.8, 4) is 5.88 Å². The van der Waals surface area contributed by atoms with E-state index in [1.54, 1.807) is 17.5 Å². The molecule has 0 saturated heterocycles. The number of hydrogen-bond donors (Lipinski definition) is 1. The molecule has 0 saturated carbocycles. The van der Waals surface area contributed by atoms with Gasteiger partial charge in [-0.15, -0.1) is 11.3 Å². The van der Waals surface area contributed by atoms with E-state index in [1.807, 2.05) is 31.4 Å². The van der Waals surface area contributed by atoms with Crippen molar-refractivity contribution in [2.45, 2.75) is 39.8 Å². The molecule has 5 nitrogen and oxygen atoms in total. The molecule has 3 rings (SSSR count). The summed E-state index contributed by atoms with van der Waals surface area (Å²) < 4.78 is 5.64. The molecule has 0 aliphatic rings. The maximum atomic E-state index is 5.64. The zero-order valence-electron chi connectivity index (χ0n) is 13.5. The van der Waals surface area contributed by atoms with Gasteiger partial charge in [-0.25, -0.2) is 15.0 Å². The zero-order valence-corrected chi connectivity index (χ0v) is 14.4. The van der Waals surface area contributed by atoms with Gasteiger partial charge in [0, 0.05) is 25.2 Å².